The minimum atomic E-state index is -0.394. The highest BCUT2D eigenvalue weighted by molar-refractivity contribution is 5.68. The quantitative estimate of drug-likeness (QED) is 0.684. The van der Waals surface area contributed by atoms with Gasteiger partial charge in [0.25, 0.3) is 0 Å². The van der Waals surface area contributed by atoms with Crippen molar-refractivity contribution in [3.8, 4) is 0 Å². The van der Waals surface area contributed by atoms with Crippen molar-refractivity contribution in [2.75, 3.05) is 7.05 Å². The normalized spacial score (nSPS) is 18.9. The van der Waals surface area contributed by atoms with Gasteiger partial charge in [0.1, 0.15) is 5.60 Å². The fourth-order valence-electron chi connectivity index (χ4n) is 1.40. The molecule has 1 rings (SSSR count). The average molecular weight is 199 g/mol. The Hall–Kier alpha value is -0.730. The molecule has 0 aliphatic heterocycles. The van der Waals surface area contributed by atoms with Crippen molar-refractivity contribution in [3.05, 3.63) is 0 Å². The van der Waals surface area contributed by atoms with Crippen molar-refractivity contribution < 1.29 is 9.53 Å². The summed E-state index contributed by atoms with van der Waals surface area (Å²) < 4.78 is 5.29. The molecular formula is C11H21NO2. The SMILES string of the molecule is C[C@H](C1CC1)N(C)C(=O)OC(C)(C)C. The molecule has 0 N–H and O–H groups in total. The molecule has 0 heterocycles. The molecule has 0 unspecified atom stereocenters. The van der Waals surface area contributed by atoms with Gasteiger partial charge in [0.05, 0.1) is 0 Å². The van der Waals surface area contributed by atoms with Gasteiger partial charge in [-0.25, -0.2) is 4.79 Å². The molecule has 1 fully saturated rings. The Kier molecular flexibility index (Phi) is 3.07. The summed E-state index contributed by atoms with van der Waals surface area (Å²) in [7, 11) is 1.82. The first-order chi connectivity index (χ1) is 6.31. The van der Waals surface area contributed by atoms with Gasteiger partial charge >= 0.3 is 6.09 Å². The van der Waals surface area contributed by atoms with E-state index >= 15 is 0 Å². The van der Waals surface area contributed by atoms with E-state index in [1.54, 1.807) is 4.90 Å². The Balaban J connectivity index is 2.43. The number of hydrogen-bond donors (Lipinski definition) is 0. The van der Waals surface area contributed by atoms with Crippen molar-refractivity contribution in [2.24, 2.45) is 5.92 Å². The fraction of sp³-hybridized carbons (Fsp3) is 0.909. The Morgan fingerprint density at radius 1 is 1.43 bits per heavy atom. The number of carbonyl (C=O) groups is 1. The second-order valence-corrected chi connectivity index (χ2v) is 5.17. The first kappa shape index (κ1) is 11.3. The molecule has 14 heavy (non-hydrogen) atoms. The minimum absolute atomic E-state index is 0.211. The molecule has 0 bridgehead atoms. The summed E-state index contributed by atoms with van der Waals surface area (Å²) in [6.45, 7) is 7.75. The standard InChI is InChI=1S/C11H21NO2/c1-8(9-6-7-9)12(5)10(13)14-11(2,3)4/h8-9H,6-7H2,1-5H3/t8-/m1/s1. The maximum Gasteiger partial charge on any atom is 0.410 e. The van der Waals surface area contributed by atoms with E-state index in [4.69, 9.17) is 4.74 Å². The van der Waals surface area contributed by atoms with Crippen LogP contribution >= 0.6 is 0 Å². The molecule has 1 amide bonds. The van der Waals surface area contributed by atoms with E-state index in [1.165, 1.54) is 12.8 Å². The van der Waals surface area contributed by atoms with E-state index in [9.17, 15) is 4.79 Å². The summed E-state index contributed by atoms with van der Waals surface area (Å²) in [6, 6.07) is 0.310. The van der Waals surface area contributed by atoms with Gasteiger partial charge in [0, 0.05) is 13.1 Å². The van der Waals surface area contributed by atoms with E-state index in [0.29, 0.717) is 12.0 Å². The topological polar surface area (TPSA) is 29.5 Å². The van der Waals surface area contributed by atoms with Crippen LogP contribution in [0.5, 0.6) is 0 Å². The third-order valence-corrected chi connectivity index (χ3v) is 2.60. The van der Waals surface area contributed by atoms with Crippen LogP contribution in [0.15, 0.2) is 0 Å². The Morgan fingerprint density at radius 3 is 2.29 bits per heavy atom. The molecular weight excluding hydrogens is 178 g/mol. The third-order valence-electron chi connectivity index (χ3n) is 2.60. The number of rotatable bonds is 2. The van der Waals surface area contributed by atoms with Crippen LogP contribution in [0, 0.1) is 5.92 Å². The molecule has 3 nitrogen and oxygen atoms in total. The summed E-state index contributed by atoms with van der Waals surface area (Å²) in [5, 5.41) is 0. The van der Waals surface area contributed by atoms with Gasteiger partial charge < -0.3 is 9.64 Å². The molecule has 1 aliphatic rings. The molecule has 1 atom stereocenters. The molecule has 0 aromatic carbocycles. The maximum atomic E-state index is 11.6. The summed E-state index contributed by atoms with van der Waals surface area (Å²) in [6.07, 6.45) is 2.28. The highest BCUT2D eigenvalue weighted by Gasteiger charge is 2.33. The minimum Gasteiger partial charge on any atom is -0.444 e. The molecule has 0 aromatic heterocycles. The highest BCUT2D eigenvalue weighted by atomic mass is 16.6. The highest BCUT2D eigenvalue weighted by Crippen LogP contribution is 2.34. The second-order valence-electron chi connectivity index (χ2n) is 5.17. The lowest BCUT2D eigenvalue weighted by Crippen LogP contribution is -2.40. The summed E-state index contributed by atoms with van der Waals surface area (Å²) >= 11 is 0. The maximum absolute atomic E-state index is 11.6. The number of hydrogen-bond acceptors (Lipinski definition) is 2. The first-order valence-electron chi connectivity index (χ1n) is 5.27. The zero-order valence-corrected chi connectivity index (χ0v) is 9.83. The Morgan fingerprint density at radius 2 is 1.93 bits per heavy atom. The summed E-state index contributed by atoms with van der Waals surface area (Å²) in [5.41, 5.74) is -0.394. The number of ether oxygens (including phenoxy) is 1. The molecule has 3 heteroatoms. The molecule has 1 saturated carbocycles. The first-order valence-corrected chi connectivity index (χ1v) is 5.27. The lowest BCUT2D eigenvalue weighted by molar-refractivity contribution is 0.0218. The second kappa shape index (κ2) is 3.79. The van der Waals surface area contributed by atoms with Crippen molar-refractivity contribution in [1.29, 1.82) is 0 Å². The van der Waals surface area contributed by atoms with Gasteiger partial charge in [-0.3, -0.25) is 0 Å². The van der Waals surface area contributed by atoms with Crippen LogP contribution in [-0.2, 0) is 4.74 Å². The van der Waals surface area contributed by atoms with Crippen LogP contribution in [0.3, 0.4) is 0 Å². The monoisotopic (exact) mass is 199 g/mol. The van der Waals surface area contributed by atoms with Gasteiger partial charge in [0.15, 0.2) is 0 Å². The fourth-order valence-corrected chi connectivity index (χ4v) is 1.40. The molecule has 0 spiro atoms. The molecule has 1 aliphatic carbocycles. The van der Waals surface area contributed by atoms with Gasteiger partial charge in [-0.05, 0) is 46.5 Å². The Labute approximate surface area is 86.4 Å². The van der Waals surface area contributed by atoms with Crippen molar-refractivity contribution >= 4 is 6.09 Å². The van der Waals surface area contributed by atoms with Crippen LogP contribution in [0.2, 0.25) is 0 Å². The van der Waals surface area contributed by atoms with E-state index < -0.39 is 5.60 Å². The van der Waals surface area contributed by atoms with E-state index in [1.807, 2.05) is 27.8 Å². The largest absolute Gasteiger partial charge is 0.444 e. The van der Waals surface area contributed by atoms with Crippen LogP contribution in [-0.4, -0.2) is 29.7 Å². The van der Waals surface area contributed by atoms with Crippen LogP contribution in [0.25, 0.3) is 0 Å². The zero-order chi connectivity index (χ0) is 10.9. The number of carbonyl (C=O) groups excluding carboxylic acids is 1. The molecule has 0 aromatic rings. The average Bonchev–Trinajstić information content (AvgIpc) is 2.80. The van der Waals surface area contributed by atoms with Crippen molar-refractivity contribution in [2.45, 2.75) is 52.2 Å². The van der Waals surface area contributed by atoms with Crippen LogP contribution in [0.4, 0.5) is 4.79 Å². The van der Waals surface area contributed by atoms with Gasteiger partial charge in [-0.15, -0.1) is 0 Å². The third kappa shape index (κ3) is 3.20. The number of amides is 1. The predicted molar refractivity (Wildman–Crippen MR) is 56.2 cm³/mol. The van der Waals surface area contributed by atoms with E-state index in [-0.39, 0.29) is 6.09 Å². The van der Waals surface area contributed by atoms with Crippen LogP contribution < -0.4 is 0 Å². The number of nitrogens with zero attached hydrogens (tertiary/aromatic N) is 1. The summed E-state index contributed by atoms with van der Waals surface area (Å²) in [4.78, 5) is 13.3. The smallest absolute Gasteiger partial charge is 0.410 e. The summed E-state index contributed by atoms with van der Waals surface area (Å²) in [5.74, 6) is 0.688. The van der Waals surface area contributed by atoms with Crippen molar-refractivity contribution in [3.63, 3.8) is 0 Å². The zero-order valence-electron chi connectivity index (χ0n) is 9.83. The van der Waals surface area contributed by atoms with Gasteiger partial charge in [0.2, 0.25) is 0 Å². The van der Waals surface area contributed by atoms with Gasteiger partial charge in [-0.2, -0.15) is 0 Å². The van der Waals surface area contributed by atoms with Crippen LogP contribution in [0.1, 0.15) is 40.5 Å². The molecule has 0 radical (unpaired) electrons. The van der Waals surface area contributed by atoms with E-state index in [0.717, 1.165) is 0 Å². The van der Waals surface area contributed by atoms with Gasteiger partial charge in [-0.1, -0.05) is 0 Å². The predicted octanol–water partition coefficient (Wildman–Crippen LogP) is 2.65. The molecule has 82 valence electrons. The lowest BCUT2D eigenvalue weighted by Gasteiger charge is -2.28. The lowest BCUT2D eigenvalue weighted by atomic mass is 10.2. The molecule has 0 saturated heterocycles. The van der Waals surface area contributed by atoms with E-state index in [2.05, 4.69) is 6.92 Å². The Bertz CT molecular complexity index is 216. The van der Waals surface area contributed by atoms with Crippen molar-refractivity contribution in [1.82, 2.24) is 4.90 Å².